The second-order valence-corrected chi connectivity index (χ2v) is 11.8. The Hall–Kier alpha value is -2.14. The van der Waals surface area contributed by atoms with Gasteiger partial charge in [-0.05, 0) is 63.4 Å². The van der Waals surface area contributed by atoms with Gasteiger partial charge < -0.3 is 24.4 Å². The summed E-state index contributed by atoms with van der Waals surface area (Å²) in [6.07, 6.45) is 0. The first-order chi connectivity index (χ1) is 15.6. The number of benzene rings is 2. The third-order valence-corrected chi connectivity index (χ3v) is 8.51. The number of fused-ring (bicyclic) bond motifs is 1. The minimum Gasteiger partial charge on any atom is -0.399 e. The zero-order valence-electron chi connectivity index (χ0n) is 18.8. The van der Waals surface area contributed by atoms with E-state index in [1.807, 2.05) is 0 Å². The van der Waals surface area contributed by atoms with Crippen LogP contribution in [0.5, 0.6) is 0 Å². The van der Waals surface area contributed by atoms with Gasteiger partial charge in [-0.2, -0.15) is 8.78 Å². The van der Waals surface area contributed by atoms with Crippen molar-refractivity contribution in [1.82, 2.24) is 0 Å². The zero-order valence-corrected chi connectivity index (χ0v) is 20.5. The number of carbonyl (C=O) groups is 1. The Kier molecular flexibility index (Phi) is 6.04. The van der Waals surface area contributed by atoms with E-state index in [1.54, 1.807) is 58.0 Å². The van der Waals surface area contributed by atoms with Gasteiger partial charge in [0.1, 0.15) is 0 Å². The van der Waals surface area contributed by atoms with Gasteiger partial charge in [0, 0.05) is 21.4 Å². The van der Waals surface area contributed by atoms with E-state index in [9.17, 15) is 19.1 Å². The van der Waals surface area contributed by atoms with Gasteiger partial charge in [-0.25, -0.2) is 0 Å². The first kappa shape index (κ1) is 25.0. The molecule has 1 saturated heterocycles. The van der Waals surface area contributed by atoms with E-state index in [2.05, 4.69) is 5.32 Å². The molecule has 0 radical (unpaired) electrons. The molecule has 2 heterocycles. The number of amides is 1. The Balaban J connectivity index is 1.87. The Morgan fingerprint density at radius 3 is 2.21 bits per heavy atom. The van der Waals surface area contributed by atoms with Crippen LogP contribution < -0.4 is 10.8 Å². The van der Waals surface area contributed by atoms with Crippen molar-refractivity contribution in [3.05, 3.63) is 59.0 Å². The van der Waals surface area contributed by atoms with E-state index in [4.69, 9.17) is 9.31 Å². The smallest absolute Gasteiger partial charge is 0.399 e. The van der Waals surface area contributed by atoms with Crippen molar-refractivity contribution in [2.24, 2.45) is 0 Å². The predicted octanol–water partition coefficient (Wildman–Crippen LogP) is 4.68. The van der Waals surface area contributed by atoms with E-state index in [0.717, 1.165) is 0 Å². The fourth-order valence-corrected chi connectivity index (χ4v) is 5.49. The minimum absolute atomic E-state index is 0.179. The monoisotopic (exact) mass is 509 g/mol. The van der Waals surface area contributed by atoms with Crippen LogP contribution in [-0.2, 0) is 19.5 Å². The van der Waals surface area contributed by atoms with E-state index < -0.39 is 42.4 Å². The van der Waals surface area contributed by atoms with E-state index >= 15 is 8.78 Å². The lowest BCUT2D eigenvalue weighted by Crippen LogP contribution is -2.41. The number of hydrogen-bond acceptors (Lipinski definition) is 5. The summed E-state index contributed by atoms with van der Waals surface area (Å²) < 4.78 is 54.0. The lowest BCUT2D eigenvalue weighted by molar-refractivity contribution is 0.00578. The predicted molar refractivity (Wildman–Crippen MR) is 128 cm³/mol. The molecule has 1 aliphatic rings. The average Bonchev–Trinajstić information content (AvgIpc) is 3.21. The molecule has 3 aromatic rings. The van der Waals surface area contributed by atoms with Crippen molar-refractivity contribution in [2.45, 2.75) is 44.6 Å². The standard InChI is InChI=1S/C22H23BF2NO6PS/c1-20(2)21(3,4)32-23(31-20)17-15-12-13(19(27)26-14-8-6-5-7-9-14)10-11-16(15)34-18(17)22(24,25)33(28,29)30/h5-12H,1-4H3,(H,26,27)(H2,28,29,30). The summed E-state index contributed by atoms with van der Waals surface area (Å²) in [6, 6.07) is 13.1. The van der Waals surface area contributed by atoms with Crippen molar-refractivity contribution >= 4 is 53.2 Å². The molecule has 0 atom stereocenters. The number of carbonyl (C=O) groups excluding carboxylic acids is 1. The van der Waals surface area contributed by atoms with Gasteiger partial charge >= 0.3 is 20.4 Å². The van der Waals surface area contributed by atoms with Crippen LogP contribution in [0.2, 0.25) is 0 Å². The zero-order chi connectivity index (χ0) is 25.1. The van der Waals surface area contributed by atoms with E-state index in [-0.39, 0.29) is 16.4 Å². The van der Waals surface area contributed by atoms with Gasteiger partial charge in [0.15, 0.2) is 0 Å². The van der Waals surface area contributed by atoms with Crippen LogP contribution in [0.4, 0.5) is 14.5 Å². The van der Waals surface area contributed by atoms with Crippen LogP contribution in [0, 0.1) is 0 Å². The van der Waals surface area contributed by atoms with Gasteiger partial charge in [0.2, 0.25) is 0 Å². The highest BCUT2D eigenvalue weighted by atomic mass is 32.1. The number of para-hydroxylation sites is 1. The molecule has 12 heteroatoms. The van der Waals surface area contributed by atoms with Crippen molar-refractivity contribution in [3.63, 3.8) is 0 Å². The lowest BCUT2D eigenvalue weighted by Gasteiger charge is -2.32. The van der Waals surface area contributed by atoms with Crippen LogP contribution >= 0.6 is 18.9 Å². The van der Waals surface area contributed by atoms with Gasteiger partial charge in [0.25, 0.3) is 5.91 Å². The normalized spacial score (nSPS) is 17.8. The fourth-order valence-electron chi connectivity index (χ4n) is 3.53. The van der Waals surface area contributed by atoms with Crippen molar-refractivity contribution in [1.29, 1.82) is 0 Å². The second-order valence-electron chi connectivity index (χ2n) is 9.05. The number of anilines is 1. The maximum atomic E-state index is 15.0. The third kappa shape index (κ3) is 4.21. The molecule has 1 amide bonds. The molecule has 0 unspecified atom stereocenters. The quantitative estimate of drug-likeness (QED) is 0.341. The molecule has 1 fully saturated rings. The number of hydrogen-bond donors (Lipinski definition) is 3. The maximum Gasteiger partial charge on any atom is 0.496 e. The molecule has 0 bridgehead atoms. The first-order valence-corrected chi connectivity index (χ1v) is 12.8. The molecule has 0 aliphatic carbocycles. The Morgan fingerprint density at radius 2 is 1.65 bits per heavy atom. The van der Waals surface area contributed by atoms with Gasteiger partial charge in [0.05, 0.1) is 16.1 Å². The molecule has 2 aromatic carbocycles. The molecule has 180 valence electrons. The second kappa shape index (κ2) is 8.22. The number of alkyl halides is 2. The summed E-state index contributed by atoms with van der Waals surface area (Å²) in [4.78, 5) is 30.8. The number of halogens is 2. The van der Waals surface area contributed by atoms with Gasteiger partial charge in [-0.15, -0.1) is 11.3 Å². The summed E-state index contributed by atoms with van der Waals surface area (Å²) in [5.41, 5.74) is -5.70. The summed E-state index contributed by atoms with van der Waals surface area (Å²) in [5.74, 6) is -0.470. The van der Waals surface area contributed by atoms with Crippen molar-refractivity contribution in [3.8, 4) is 0 Å². The summed E-state index contributed by atoms with van der Waals surface area (Å²) in [7, 11) is -7.19. The highest BCUT2D eigenvalue weighted by molar-refractivity contribution is 7.53. The first-order valence-electron chi connectivity index (χ1n) is 10.4. The highest BCUT2D eigenvalue weighted by Gasteiger charge is 2.58. The molecule has 1 aromatic heterocycles. The van der Waals surface area contributed by atoms with E-state index in [0.29, 0.717) is 21.7 Å². The van der Waals surface area contributed by atoms with Gasteiger partial charge in [-0.3, -0.25) is 9.36 Å². The minimum atomic E-state index is -5.87. The van der Waals surface area contributed by atoms with Gasteiger partial charge in [-0.1, -0.05) is 18.2 Å². The fraction of sp³-hybridized carbons (Fsp3) is 0.318. The number of nitrogens with one attached hydrogen (secondary N) is 1. The molecule has 0 spiro atoms. The molecule has 0 saturated carbocycles. The topological polar surface area (TPSA) is 105 Å². The van der Waals surface area contributed by atoms with Crippen molar-refractivity contribution in [2.75, 3.05) is 5.32 Å². The van der Waals surface area contributed by atoms with E-state index in [1.165, 1.54) is 18.2 Å². The van der Waals surface area contributed by atoms with Crippen molar-refractivity contribution < 1.29 is 37.2 Å². The molecular formula is C22H23BF2NO6PS. The van der Waals surface area contributed by atoms with Crippen LogP contribution in [0.1, 0.15) is 42.9 Å². The molecule has 7 nitrogen and oxygen atoms in total. The Bertz CT molecular complexity index is 1290. The molecule has 3 N–H and O–H groups in total. The molecule has 34 heavy (non-hydrogen) atoms. The highest BCUT2D eigenvalue weighted by Crippen LogP contribution is 2.60. The number of thiophene rings is 1. The largest absolute Gasteiger partial charge is 0.496 e. The molecule has 1 aliphatic heterocycles. The Morgan fingerprint density at radius 1 is 1.06 bits per heavy atom. The summed E-state index contributed by atoms with van der Waals surface area (Å²) >= 11 is 0.535. The lowest BCUT2D eigenvalue weighted by atomic mass is 9.76. The van der Waals surface area contributed by atoms with Crippen LogP contribution in [0.15, 0.2) is 48.5 Å². The SMILES string of the molecule is CC1(C)OB(c2c(C(F)(F)P(=O)(O)O)sc3ccc(C(=O)Nc4ccccc4)cc23)OC1(C)C. The summed E-state index contributed by atoms with van der Waals surface area (Å²) in [6.45, 7) is 6.95. The van der Waals surface area contributed by atoms with Crippen LogP contribution in [-0.4, -0.2) is 34.0 Å². The molecular weight excluding hydrogens is 486 g/mol. The average molecular weight is 509 g/mol. The maximum absolute atomic E-state index is 15.0. The van der Waals surface area contributed by atoms with Crippen LogP contribution in [0.25, 0.3) is 10.1 Å². The Labute approximate surface area is 199 Å². The van der Waals surface area contributed by atoms with Crippen LogP contribution in [0.3, 0.4) is 0 Å². The third-order valence-electron chi connectivity index (χ3n) is 6.15. The molecule has 4 rings (SSSR count). The summed E-state index contributed by atoms with van der Waals surface area (Å²) in [5, 5.41) is 2.93. The number of rotatable bonds is 5.